The Kier molecular flexibility index (Phi) is 3.55. The highest BCUT2D eigenvalue weighted by atomic mass is 16.3. The summed E-state index contributed by atoms with van der Waals surface area (Å²) in [5.74, 6) is 1.38. The Bertz CT molecular complexity index is 412. The van der Waals surface area contributed by atoms with Crippen LogP contribution in [0.15, 0.2) is 18.2 Å². The molecule has 2 nitrogen and oxygen atoms in total. The largest absolute Gasteiger partial charge is 0.508 e. The van der Waals surface area contributed by atoms with Gasteiger partial charge in [0.25, 0.3) is 0 Å². The fourth-order valence-electron chi connectivity index (χ4n) is 3.24. The third kappa shape index (κ3) is 2.54. The second kappa shape index (κ2) is 5.31. The molecule has 1 saturated carbocycles. The Labute approximate surface area is 109 Å². The second-order valence-electron chi connectivity index (χ2n) is 5.87. The Morgan fingerprint density at radius 2 is 2.06 bits per heavy atom. The number of rotatable bonds is 4. The van der Waals surface area contributed by atoms with Crippen LogP contribution in [0.2, 0.25) is 0 Å². The van der Waals surface area contributed by atoms with Crippen LogP contribution in [-0.2, 0) is 6.42 Å². The lowest BCUT2D eigenvalue weighted by atomic mass is 9.82. The number of benzene rings is 1. The van der Waals surface area contributed by atoms with Crippen molar-refractivity contribution in [3.63, 3.8) is 0 Å². The quantitative estimate of drug-likeness (QED) is 0.850. The predicted molar refractivity (Wildman–Crippen MR) is 73.7 cm³/mol. The molecule has 2 heteroatoms. The molecule has 0 aliphatic heterocycles. The summed E-state index contributed by atoms with van der Waals surface area (Å²) in [5, 5.41) is 13.3. The maximum Gasteiger partial charge on any atom is 0.115 e. The van der Waals surface area contributed by atoms with Crippen LogP contribution in [0.5, 0.6) is 5.75 Å². The van der Waals surface area contributed by atoms with Crippen molar-refractivity contribution in [2.24, 2.45) is 5.92 Å². The summed E-state index contributed by atoms with van der Waals surface area (Å²) < 4.78 is 0. The van der Waals surface area contributed by atoms with Gasteiger partial charge in [0, 0.05) is 6.04 Å². The van der Waals surface area contributed by atoms with Gasteiger partial charge in [0.1, 0.15) is 5.75 Å². The fraction of sp³-hybridized carbons (Fsp3) is 0.625. The third-order valence-electron chi connectivity index (χ3n) is 4.61. The number of fused-ring (bicyclic) bond motifs is 1. The predicted octanol–water partition coefficient (Wildman–Crippen LogP) is 3.55. The number of aromatic hydroxyl groups is 1. The number of hydrogen-bond acceptors (Lipinski definition) is 2. The normalized spacial score (nSPS) is 23.4. The van der Waals surface area contributed by atoms with Crippen LogP contribution < -0.4 is 5.32 Å². The molecule has 1 fully saturated rings. The van der Waals surface area contributed by atoms with E-state index in [9.17, 15) is 5.11 Å². The van der Waals surface area contributed by atoms with Crippen LogP contribution in [-0.4, -0.2) is 11.7 Å². The SMILES string of the molecule is Oc1ccc2c(c1)C(NCCC1CCC1)CCC2. The Hall–Kier alpha value is -1.02. The summed E-state index contributed by atoms with van der Waals surface area (Å²) in [6.45, 7) is 1.13. The molecule has 98 valence electrons. The molecule has 2 aliphatic rings. The number of nitrogens with one attached hydrogen (secondary N) is 1. The molecule has 2 N–H and O–H groups in total. The van der Waals surface area contributed by atoms with Gasteiger partial charge < -0.3 is 10.4 Å². The van der Waals surface area contributed by atoms with E-state index in [-0.39, 0.29) is 0 Å². The van der Waals surface area contributed by atoms with Gasteiger partial charge in [-0.05, 0) is 61.4 Å². The van der Waals surface area contributed by atoms with Crippen LogP contribution in [0, 0.1) is 5.92 Å². The van der Waals surface area contributed by atoms with Gasteiger partial charge in [0.2, 0.25) is 0 Å². The summed E-state index contributed by atoms with van der Waals surface area (Å²) in [6.07, 6.45) is 9.26. The minimum absolute atomic E-state index is 0.404. The molecule has 1 atom stereocenters. The van der Waals surface area contributed by atoms with Crippen LogP contribution in [0.1, 0.15) is 55.7 Å². The first-order valence-corrected chi connectivity index (χ1v) is 7.38. The highest BCUT2D eigenvalue weighted by molar-refractivity contribution is 5.38. The van der Waals surface area contributed by atoms with E-state index in [1.165, 1.54) is 49.7 Å². The lowest BCUT2D eigenvalue weighted by molar-refractivity contribution is 0.285. The Balaban J connectivity index is 1.61. The molecule has 0 aromatic heterocycles. The van der Waals surface area contributed by atoms with Crippen LogP contribution in [0.4, 0.5) is 0 Å². The molecule has 18 heavy (non-hydrogen) atoms. The number of phenols is 1. The first-order chi connectivity index (χ1) is 8.83. The number of hydrogen-bond donors (Lipinski definition) is 2. The Morgan fingerprint density at radius 1 is 1.17 bits per heavy atom. The van der Waals surface area contributed by atoms with Crippen LogP contribution in [0.3, 0.4) is 0 Å². The van der Waals surface area contributed by atoms with Gasteiger partial charge in [-0.3, -0.25) is 0 Å². The lowest BCUT2D eigenvalue weighted by Crippen LogP contribution is -2.28. The van der Waals surface area contributed by atoms with Crippen molar-refractivity contribution in [2.45, 2.75) is 51.0 Å². The van der Waals surface area contributed by atoms with Gasteiger partial charge in [0.05, 0.1) is 0 Å². The molecule has 0 amide bonds. The van der Waals surface area contributed by atoms with Gasteiger partial charge in [-0.15, -0.1) is 0 Å². The maximum atomic E-state index is 9.64. The van der Waals surface area contributed by atoms with E-state index < -0.39 is 0 Å². The first kappa shape index (κ1) is 12.0. The summed E-state index contributed by atoms with van der Waals surface area (Å²) >= 11 is 0. The molecule has 1 aromatic rings. The third-order valence-corrected chi connectivity index (χ3v) is 4.61. The van der Waals surface area contributed by atoms with E-state index in [0.717, 1.165) is 18.9 Å². The van der Waals surface area contributed by atoms with Crippen LogP contribution >= 0.6 is 0 Å². The second-order valence-corrected chi connectivity index (χ2v) is 5.87. The molecule has 1 aromatic carbocycles. The zero-order valence-corrected chi connectivity index (χ0v) is 11.0. The highest BCUT2D eigenvalue weighted by Gasteiger charge is 2.21. The van der Waals surface area contributed by atoms with Crippen molar-refractivity contribution in [1.82, 2.24) is 5.32 Å². The van der Waals surface area contributed by atoms with E-state index in [2.05, 4.69) is 11.4 Å². The summed E-state index contributed by atoms with van der Waals surface area (Å²) in [5.41, 5.74) is 2.75. The standard InChI is InChI=1S/C16H23NO/c18-14-8-7-13-5-2-6-16(15(13)11-14)17-10-9-12-3-1-4-12/h7-8,11-12,16-18H,1-6,9-10H2. The van der Waals surface area contributed by atoms with E-state index in [1.807, 2.05) is 12.1 Å². The first-order valence-electron chi connectivity index (χ1n) is 7.38. The van der Waals surface area contributed by atoms with Crippen LogP contribution in [0.25, 0.3) is 0 Å². The summed E-state index contributed by atoms with van der Waals surface area (Å²) in [4.78, 5) is 0. The molecule has 0 heterocycles. The monoisotopic (exact) mass is 245 g/mol. The molecule has 0 spiro atoms. The fourth-order valence-corrected chi connectivity index (χ4v) is 3.24. The zero-order valence-electron chi connectivity index (χ0n) is 11.0. The topological polar surface area (TPSA) is 32.3 Å². The number of phenolic OH excluding ortho intramolecular Hbond substituents is 1. The summed E-state index contributed by atoms with van der Waals surface area (Å²) in [6, 6.07) is 6.32. The average Bonchev–Trinajstić information content (AvgIpc) is 2.32. The molecular formula is C16H23NO. The van der Waals surface area contributed by atoms with E-state index >= 15 is 0 Å². The molecule has 0 saturated heterocycles. The maximum absolute atomic E-state index is 9.64. The minimum atomic E-state index is 0.404. The van der Waals surface area contributed by atoms with Crippen molar-refractivity contribution in [3.8, 4) is 5.75 Å². The van der Waals surface area contributed by atoms with Gasteiger partial charge >= 0.3 is 0 Å². The van der Waals surface area contributed by atoms with E-state index in [0.29, 0.717) is 11.8 Å². The van der Waals surface area contributed by atoms with Gasteiger partial charge in [-0.1, -0.05) is 25.3 Å². The molecule has 1 unspecified atom stereocenters. The van der Waals surface area contributed by atoms with Gasteiger partial charge in [-0.25, -0.2) is 0 Å². The molecule has 0 radical (unpaired) electrons. The molecule has 2 aliphatic carbocycles. The van der Waals surface area contributed by atoms with Crippen molar-refractivity contribution in [3.05, 3.63) is 29.3 Å². The molecule has 0 bridgehead atoms. The smallest absolute Gasteiger partial charge is 0.115 e. The van der Waals surface area contributed by atoms with Crippen molar-refractivity contribution in [1.29, 1.82) is 0 Å². The minimum Gasteiger partial charge on any atom is -0.508 e. The number of aryl methyl sites for hydroxylation is 1. The van der Waals surface area contributed by atoms with Gasteiger partial charge in [0.15, 0.2) is 0 Å². The highest BCUT2D eigenvalue weighted by Crippen LogP contribution is 2.33. The van der Waals surface area contributed by atoms with Crippen molar-refractivity contribution < 1.29 is 5.11 Å². The average molecular weight is 245 g/mol. The van der Waals surface area contributed by atoms with Crippen molar-refractivity contribution in [2.75, 3.05) is 6.54 Å². The Morgan fingerprint density at radius 3 is 2.83 bits per heavy atom. The van der Waals surface area contributed by atoms with E-state index in [4.69, 9.17) is 0 Å². The zero-order chi connectivity index (χ0) is 12.4. The summed E-state index contributed by atoms with van der Waals surface area (Å²) in [7, 11) is 0. The van der Waals surface area contributed by atoms with Crippen molar-refractivity contribution >= 4 is 0 Å². The van der Waals surface area contributed by atoms with Gasteiger partial charge in [-0.2, -0.15) is 0 Å². The molecule has 3 rings (SSSR count). The lowest BCUT2D eigenvalue weighted by Gasteiger charge is -2.29. The van der Waals surface area contributed by atoms with E-state index in [1.54, 1.807) is 0 Å². The molecular weight excluding hydrogens is 222 g/mol.